The van der Waals surface area contributed by atoms with E-state index in [1.807, 2.05) is 19.1 Å². The number of para-hydroxylation sites is 1. The van der Waals surface area contributed by atoms with E-state index >= 15 is 0 Å². The molecule has 0 bridgehead atoms. The summed E-state index contributed by atoms with van der Waals surface area (Å²) in [6.45, 7) is 4.73. The van der Waals surface area contributed by atoms with Gasteiger partial charge in [0.2, 0.25) is 0 Å². The lowest BCUT2D eigenvalue weighted by atomic mass is 10.1. The van der Waals surface area contributed by atoms with Crippen molar-refractivity contribution in [2.24, 2.45) is 0 Å². The van der Waals surface area contributed by atoms with Crippen LogP contribution in [0.2, 0.25) is 0 Å². The van der Waals surface area contributed by atoms with E-state index in [0.717, 1.165) is 25.2 Å². The SMILES string of the molecule is CCOc1cccc(CN2CCNC(C)C2)c1OC(F)F. The van der Waals surface area contributed by atoms with Crippen LogP contribution in [0.1, 0.15) is 19.4 Å². The second-order valence-electron chi connectivity index (χ2n) is 5.15. The minimum atomic E-state index is -2.85. The largest absolute Gasteiger partial charge is 0.490 e. The van der Waals surface area contributed by atoms with E-state index in [4.69, 9.17) is 9.47 Å². The molecule has 1 aliphatic rings. The maximum atomic E-state index is 12.7. The summed E-state index contributed by atoms with van der Waals surface area (Å²) in [7, 11) is 0. The van der Waals surface area contributed by atoms with Gasteiger partial charge in [-0.3, -0.25) is 4.90 Å². The molecular weight excluding hydrogens is 278 g/mol. The highest BCUT2D eigenvalue weighted by atomic mass is 19.3. The van der Waals surface area contributed by atoms with Crippen LogP contribution in [-0.4, -0.2) is 43.8 Å². The molecule has 0 saturated carbocycles. The van der Waals surface area contributed by atoms with Crippen molar-refractivity contribution in [3.63, 3.8) is 0 Å². The van der Waals surface area contributed by atoms with Crippen molar-refractivity contribution in [1.29, 1.82) is 0 Å². The highest BCUT2D eigenvalue weighted by molar-refractivity contribution is 5.46. The summed E-state index contributed by atoms with van der Waals surface area (Å²) in [5.74, 6) is 0.527. The molecule has 118 valence electrons. The number of alkyl halides is 2. The van der Waals surface area contributed by atoms with Crippen LogP contribution in [0, 0.1) is 0 Å². The first-order valence-corrected chi connectivity index (χ1v) is 7.25. The third kappa shape index (κ3) is 4.54. The van der Waals surface area contributed by atoms with Gasteiger partial charge in [-0.05, 0) is 19.9 Å². The summed E-state index contributed by atoms with van der Waals surface area (Å²) < 4.78 is 35.4. The number of piperazine rings is 1. The Morgan fingerprint density at radius 1 is 1.43 bits per heavy atom. The summed E-state index contributed by atoms with van der Waals surface area (Å²) in [5.41, 5.74) is 0.732. The molecule has 0 amide bonds. The molecule has 4 nitrogen and oxygen atoms in total. The van der Waals surface area contributed by atoms with Crippen LogP contribution in [0.3, 0.4) is 0 Å². The highest BCUT2D eigenvalue weighted by Gasteiger charge is 2.20. The Hall–Kier alpha value is -1.40. The fraction of sp³-hybridized carbons (Fsp3) is 0.600. The second kappa shape index (κ2) is 7.56. The summed E-state index contributed by atoms with van der Waals surface area (Å²) in [4.78, 5) is 2.23. The van der Waals surface area contributed by atoms with Gasteiger partial charge in [-0.15, -0.1) is 0 Å². The fourth-order valence-corrected chi connectivity index (χ4v) is 2.57. The van der Waals surface area contributed by atoms with E-state index < -0.39 is 6.61 Å². The van der Waals surface area contributed by atoms with Crippen LogP contribution in [-0.2, 0) is 6.54 Å². The molecule has 1 aromatic carbocycles. The smallest absolute Gasteiger partial charge is 0.387 e. The van der Waals surface area contributed by atoms with Crippen molar-refractivity contribution in [2.75, 3.05) is 26.2 Å². The first kappa shape index (κ1) is 16.0. The maximum absolute atomic E-state index is 12.7. The zero-order valence-electron chi connectivity index (χ0n) is 12.4. The molecule has 2 rings (SSSR count). The molecule has 6 heteroatoms. The van der Waals surface area contributed by atoms with Gasteiger partial charge in [0.1, 0.15) is 0 Å². The van der Waals surface area contributed by atoms with E-state index in [1.165, 1.54) is 0 Å². The lowest BCUT2D eigenvalue weighted by Crippen LogP contribution is -2.48. The number of benzene rings is 1. The normalized spacial score (nSPS) is 19.8. The lowest BCUT2D eigenvalue weighted by molar-refractivity contribution is -0.0524. The molecule has 1 N–H and O–H groups in total. The molecular formula is C15H22F2N2O2. The van der Waals surface area contributed by atoms with Crippen LogP contribution < -0.4 is 14.8 Å². The molecule has 0 aromatic heterocycles. The number of nitrogens with zero attached hydrogens (tertiary/aromatic N) is 1. The molecule has 1 unspecified atom stereocenters. The van der Waals surface area contributed by atoms with Crippen molar-refractivity contribution in [3.8, 4) is 11.5 Å². The average Bonchev–Trinajstić information content (AvgIpc) is 2.42. The molecule has 1 heterocycles. The summed E-state index contributed by atoms with van der Waals surface area (Å²) >= 11 is 0. The van der Waals surface area contributed by atoms with Gasteiger partial charge in [0.15, 0.2) is 11.5 Å². The standard InChI is InChI=1S/C15H22F2N2O2/c1-3-20-13-6-4-5-12(14(13)21-15(16)17)10-19-8-7-18-11(2)9-19/h4-6,11,15,18H,3,7-10H2,1-2H3. The van der Waals surface area contributed by atoms with Crippen molar-refractivity contribution in [2.45, 2.75) is 33.0 Å². The quantitative estimate of drug-likeness (QED) is 0.875. The van der Waals surface area contributed by atoms with E-state index in [2.05, 4.69) is 17.1 Å². The zero-order valence-corrected chi connectivity index (χ0v) is 12.4. The summed E-state index contributed by atoms with van der Waals surface area (Å²) in [5, 5.41) is 3.36. The molecule has 0 aliphatic carbocycles. The van der Waals surface area contributed by atoms with Gasteiger partial charge >= 0.3 is 6.61 Å². The van der Waals surface area contributed by atoms with Crippen molar-refractivity contribution in [3.05, 3.63) is 23.8 Å². The van der Waals surface area contributed by atoms with Crippen LogP contribution in [0.15, 0.2) is 18.2 Å². The van der Waals surface area contributed by atoms with Gasteiger partial charge in [0.25, 0.3) is 0 Å². The molecule has 1 aromatic rings. The summed E-state index contributed by atoms with van der Waals surface area (Å²) in [6, 6.07) is 5.68. The van der Waals surface area contributed by atoms with Gasteiger partial charge in [-0.1, -0.05) is 12.1 Å². The minimum absolute atomic E-state index is 0.153. The number of ether oxygens (including phenoxy) is 2. The topological polar surface area (TPSA) is 33.7 Å². The zero-order chi connectivity index (χ0) is 15.2. The molecule has 1 saturated heterocycles. The van der Waals surface area contributed by atoms with Crippen LogP contribution in [0.4, 0.5) is 8.78 Å². The molecule has 1 fully saturated rings. The Bertz CT molecular complexity index is 457. The van der Waals surface area contributed by atoms with Crippen LogP contribution in [0.5, 0.6) is 11.5 Å². The average molecular weight is 300 g/mol. The van der Waals surface area contributed by atoms with E-state index in [1.54, 1.807) is 6.07 Å². The van der Waals surface area contributed by atoms with Crippen molar-refractivity contribution >= 4 is 0 Å². The van der Waals surface area contributed by atoms with Gasteiger partial charge in [-0.25, -0.2) is 0 Å². The van der Waals surface area contributed by atoms with Gasteiger partial charge < -0.3 is 14.8 Å². The van der Waals surface area contributed by atoms with Crippen LogP contribution in [0.25, 0.3) is 0 Å². The predicted octanol–water partition coefficient (Wildman–Crippen LogP) is 2.48. The van der Waals surface area contributed by atoms with E-state index in [9.17, 15) is 8.78 Å². The minimum Gasteiger partial charge on any atom is -0.490 e. The lowest BCUT2D eigenvalue weighted by Gasteiger charge is -2.32. The number of hydrogen-bond donors (Lipinski definition) is 1. The van der Waals surface area contributed by atoms with Gasteiger partial charge in [0.05, 0.1) is 6.61 Å². The Labute approximate surface area is 124 Å². The number of nitrogens with one attached hydrogen (secondary N) is 1. The summed E-state index contributed by atoms with van der Waals surface area (Å²) in [6.07, 6.45) is 0. The van der Waals surface area contributed by atoms with Gasteiger partial charge in [0, 0.05) is 37.8 Å². The molecule has 0 spiro atoms. The number of halogens is 2. The Morgan fingerprint density at radius 3 is 2.90 bits per heavy atom. The maximum Gasteiger partial charge on any atom is 0.387 e. The Kier molecular flexibility index (Phi) is 5.76. The van der Waals surface area contributed by atoms with Gasteiger partial charge in [-0.2, -0.15) is 8.78 Å². The molecule has 0 radical (unpaired) electrons. The Balaban J connectivity index is 2.18. The van der Waals surface area contributed by atoms with E-state index in [0.29, 0.717) is 24.9 Å². The monoisotopic (exact) mass is 300 g/mol. The first-order valence-electron chi connectivity index (χ1n) is 7.25. The number of hydrogen-bond acceptors (Lipinski definition) is 4. The van der Waals surface area contributed by atoms with E-state index in [-0.39, 0.29) is 5.75 Å². The van der Waals surface area contributed by atoms with Crippen molar-refractivity contribution < 1.29 is 18.3 Å². The first-order chi connectivity index (χ1) is 10.1. The molecule has 1 aliphatic heterocycles. The third-order valence-corrected chi connectivity index (χ3v) is 3.41. The molecule has 1 atom stereocenters. The predicted molar refractivity (Wildman–Crippen MR) is 77.0 cm³/mol. The third-order valence-electron chi connectivity index (χ3n) is 3.41. The van der Waals surface area contributed by atoms with Crippen LogP contribution >= 0.6 is 0 Å². The highest BCUT2D eigenvalue weighted by Crippen LogP contribution is 2.33. The number of rotatable bonds is 6. The fourth-order valence-electron chi connectivity index (χ4n) is 2.57. The Morgan fingerprint density at radius 2 is 2.24 bits per heavy atom. The molecule has 21 heavy (non-hydrogen) atoms. The van der Waals surface area contributed by atoms with Crippen molar-refractivity contribution in [1.82, 2.24) is 10.2 Å². The second-order valence-corrected chi connectivity index (χ2v) is 5.15.